The van der Waals surface area contributed by atoms with Crippen LogP contribution >= 0.6 is 0 Å². The van der Waals surface area contributed by atoms with Gasteiger partial charge >= 0.3 is 0 Å². The molecule has 0 rings (SSSR count). The monoisotopic (exact) mass is 218 g/mol. The topological polar surface area (TPSA) is 110 Å². The lowest BCUT2D eigenvalue weighted by molar-refractivity contribution is -0.305. The molecule has 1 atom stereocenters. The quantitative estimate of drug-likeness (QED) is 0.467. The maximum atomic E-state index is 11.1. The van der Waals surface area contributed by atoms with E-state index in [-0.39, 0.29) is 19.4 Å². The summed E-state index contributed by atoms with van der Waals surface area (Å²) in [4.78, 5) is 21.1. The molecule has 0 saturated carbocycles. The van der Waals surface area contributed by atoms with Gasteiger partial charge in [0, 0.05) is 25.4 Å². The molecule has 0 aliphatic heterocycles. The van der Waals surface area contributed by atoms with Crippen LogP contribution in [0.2, 0.25) is 0 Å². The summed E-state index contributed by atoms with van der Waals surface area (Å²) in [7, 11) is 0. The Labute approximate surface area is 87.9 Å². The van der Waals surface area contributed by atoms with Crippen LogP contribution in [0.25, 0.3) is 0 Å². The molecule has 3 N–H and O–H groups in total. The van der Waals surface area contributed by atoms with Gasteiger partial charge in [0.2, 0.25) is 5.91 Å². The highest BCUT2D eigenvalue weighted by atomic mass is 16.4. The van der Waals surface area contributed by atoms with E-state index < -0.39 is 23.6 Å². The molecule has 1 unspecified atom stereocenters. The second-order valence-electron chi connectivity index (χ2n) is 3.95. The first kappa shape index (κ1) is 13.9. The minimum Gasteiger partial charge on any atom is -0.550 e. The van der Waals surface area contributed by atoms with Crippen LogP contribution in [0.4, 0.5) is 0 Å². The standard InChI is InChI=1S/C9H17NO5/c1-9(2,15)5-6(11)8(14)10-4-3-7(12)13/h6,11,15H,3-5H2,1-2H3,(H,10,14)(H,12,13)/p-1. The van der Waals surface area contributed by atoms with Gasteiger partial charge in [-0.1, -0.05) is 0 Å². The van der Waals surface area contributed by atoms with Crippen molar-refractivity contribution in [3.8, 4) is 0 Å². The van der Waals surface area contributed by atoms with E-state index in [2.05, 4.69) is 5.32 Å². The molecule has 0 bridgehead atoms. The highest BCUT2D eigenvalue weighted by molar-refractivity contribution is 5.80. The zero-order valence-corrected chi connectivity index (χ0v) is 8.82. The van der Waals surface area contributed by atoms with Crippen LogP contribution in [-0.4, -0.2) is 40.3 Å². The summed E-state index contributed by atoms with van der Waals surface area (Å²) in [6.45, 7) is 2.83. The van der Waals surface area contributed by atoms with E-state index in [1.165, 1.54) is 13.8 Å². The summed E-state index contributed by atoms with van der Waals surface area (Å²) in [6, 6.07) is 0. The highest BCUT2D eigenvalue weighted by Gasteiger charge is 2.23. The Bertz CT molecular complexity index is 233. The van der Waals surface area contributed by atoms with Crippen molar-refractivity contribution in [1.29, 1.82) is 0 Å². The highest BCUT2D eigenvalue weighted by Crippen LogP contribution is 2.10. The van der Waals surface area contributed by atoms with Gasteiger partial charge in [-0.05, 0) is 13.8 Å². The number of aliphatic hydroxyl groups excluding tert-OH is 1. The first-order chi connectivity index (χ1) is 6.72. The molecule has 0 heterocycles. The van der Waals surface area contributed by atoms with E-state index in [0.29, 0.717) is 0 Å². The molecule has 0 spiro atoms. The Morgan fingerprint density at radius 2 is 2.00 bits per heavy atom. The van der Waals surface area contributed by atoms with Crippen LogP contribution in [0, 0.1) is 0 Å². The zero-order chi connectivity index (χ0) is 12.1. The minimum atomic E-state index is -1.34. The van der Waals surface area contributed by atoms with Crippen molar-refractivity contribution in [2.24, 2.45) is 0 Å². The number of rotatable bonds is 6. The molecule has 88 valence electrons. The molecule has 0 radical (unpaired) electrons. The number of aliphatic carboxylic acids is 1. The van der Waals surface area contributed by atoms with Crippen LogP contribution < -0.4 is 10.4 Å². The predicted molar refractivity (Wildman–Crippen MR) is 49.6 cm³/mol. The summed E-state index contributed by atoms with van der Waals surface area (Å²) >= 11 is 0. The Balaban J connectivity index is 3.85. The number of hydrogen-bond donors (Lipinski definition) is 3. The van der Waals surface area contributed by atoms with Gasteiger partial charge in [0.15, 0.2) is 0 Å². The molecule has 0 fully saturated rings. The molecule has 6 heteroatoms. The number of hydrogen-bond acceptors (Lipinski definition) is 5. The van der Waals surface area contributed by atoms with Gasteiger partial charge < -0.3 is 25.4 Å². The maximum Gasteiger partial charge on any atom is 0.248 e. The number of carboxylic acids is 1. The molecule has 15 heavy (non-hydrogen) atoms. The molecular weight excluding hydrogens is 202 g/mol. The summed E-state index contributed by atoms with van der Waals surface area (Å²) < 4.78 is 0. The van der Waals surface area contributed by atoms with Crippen molar-refractivity contribution < 1.29 is 24.9 Å². The van der Waals surface area contributed by atoms with Crippen molar-refractivity contribution in [2.75, 3.05) is 6.54 Å². The van der Waals surface area contributed by atoms with Crippen molar-refractivity contribution >= 4 is 11.9 Å². The lowest BCUT2D eigenvalue weighted by atomic mass is 10.0. The van der Waals surface area contributed by atoms with Crippen LogP contribution in [0.3, 0.4) is 0 Å². The summed E-state index contributed by atoms with van der Waals surface area (Å²) in [5.74, 6) is -1.97. The molecule has 0 aromatic heterocycles. The maximum absolute atomic E-state index is 11.1. The molecule has 0 aliphatic rings. The lowest BCUT2D eigenvalue weighted by Gasteiger charge is -2.20. The summed E-state index contributed by atoms with van der Waals surface area (Å²) in [5.41, 5.74) is -1.15. The van der Waals surface area contributed by atoms with Crippen LogP contribution in [-0.2, 0) is 9.59 Å². The number of carboxylic acid groups (broad SMARTS) is 1. The van der Waals surface area contributed by atoms with E-state index >= 15 is 0 Å². The van der Waals surface area contributed by atoms with Gasteiger partial charge in [-0.2, -0.15) is 0 Å². The molecule has 0 aromatic rings. The van der Waals surface area contributed by atoms with Gasteiger partial charge in [-0.15, -0.1) is 0 Å². The Kier molecular flexibility index (Phi) is 5.24. The average Bonchev–Trinajstić information content (AvgIpc) is 1.99. The van der Waals surface area contributed by atoms with Crippen LogP contribution in [0.5, 0.6) is 0 Å². The van der Waals surface area contributed by atoms with Crippen molar-refractivity contribution in [3.63, 3.8) is 0 Å². The first-order valence-corrected chi connectivity index (χ1v) is 4.60. The Morgan fingerprint density at radius 1 is 1.47 bits per heavy atom. The first-order valence-electron chi connectivity index (χ1n) is 4.60. The van der Waals surface area contributed by atoms with Crippen molar-refractivity contribution in [3.05, 3.63) is 0 Å². The molecule has 0 aromatic carbocycles. The zero-order valence-electron chi connectivity index (χ0n) is 8.82. The minimum absolute atomic E-state index is 0.0932. The Morgan fingerprint density at radius 3 is 2.40 bits per heavy atom. The number of carbonyl (C=O) groups is 2. The van der Waals surface area contributed by atoms with Crippen LogP contribution in [0.15, 0.2) is 0 Å². The fourth-order valence-corrected chi connectivity index (χ4v) is 0.971. The summed E-state index contributed by atoms with van der Waals surface area (Å²) in [6.07, 6.45) is -1.75. The normalized spacial score (nSPS) is 13.3. The largest absolute Gasteiger partial charge is 0.550 e. The van der Waals surface area contributed by atoms with E-state index in [1.807, 2.05) is 0 Å². The van der Waals surface area contributed by atoms with Gasteiger partial charge in [-0.3, -0.25) is 4.79 Å². The van der Waals surface area contributed by atoms with Gasteiger partial charge in [0.05, 0.1) is 5.60 Å². The van der Waals surface area contributed by atoms with E-state index in [9.17, 15) is 24.9 Å². The number of nitrogens with one attached hydrogen (secondary N) is 1. The van der Waals surface area contributed by atoms with E-state index in [4.69, 9.17) is 0 Å². The predicted octanol–water partition coefficient (Wildman–Crippen LogP) is -2.24. The molecule has 0 aliphatic carbocycles. The second kappa shape index (κ2) is 5.67. The van der Waals surface area contributed by atoms with Crippen molar-refractivity contribution in [2.45, 2.75) is 38.4 Å². The number of aliphatic hydroxyl groups is 2. The third kappa shape index (κ3) is 7.90. The van der Waals surface area contributed by atoms with Gasteiger partial charge in [-0.25, -0.2) is 0 Å². The Hall–Kier alpha value is -1.14. The van der Waals surface area contributed by atoms with Gasteiger partial charge in [0.1, 0.15) is 6.10 Å². The third-order valence-corrected chi connectivity index (χ3v) is 1.62. The van der Waals surface area contributed by atoms with E-state index in [0.717, 1.165) is 0 Å². The summed E-state index contributed by atoms with van der Waals surface area (Å²) in [5, 5.41) is 30.8. The fourth-order valence-electron chi connectivity index (χ4n) is 0.971. The second-order valence-corrected chi connectivity index (χ2v) is 3.95. The number of carbonyl (C=O) groups excluding carboxylic acids is 2. The molecule has 0 saturated heterocycles. The smallest absolute Gasteiger partial charge is 0.248 e. The lowest BCUT2D eigenvalue weighted by Crippen LogP contribution is -2.40. The molecule has 6 nitrogen and oxygen atoms in total. The van der Waals surface area contributed by atoms with Gasteiger partial charge in [0.25, 0.3) is 0 Å². The van der Waals surface area contributed by atoms with E-state index in [1.54, 1.807) is 0 Å². The average molecular weight is 218 g/mol. The van der Waals surface area contributed by atoms with Crippen molar-refractivity contribution in [1.82, 2.24) is 5.32 Å². The SMILES string of the molecule is CC(C)(O)CC(O)C(=O)NCCC(=O)[O-]. The number of amides is 1. The molecule has 1 amide bonds. The van der Waals surface area contributed by atoms with Crippen LogP contribution in [0.1, 0.15) is 26.7 Å². The molecular formula is C9H16NO5-. The fraction of sp³-hybridized carbons (Fsp3) is 0.778. The third-order valence-electron chi connectivity index (χ3n) is 1.62.